The van der Waals surface area contributed by atoms with Gasteiger partial charge in [0.25, 0.3) is 0 Å². The SMILES string of the molecule is CNCc1ccnc(-c2[c-]cc(F)cc2F)c1.Cc1cc(C(=O)O)nn1C.Cc1cc(C(=O)O)nn1C.Cc1cc(C(=O)O)nn1C.Cc1ccnc(-c2[c-]cc(F)cc2F)c1.Cc1ccnc(-c2[c-]cc(F)cc2F)c1.Cc1ccnc(-c2[c-]cc(F)nc2F)c1.Fc1c[c-]c(-c2ccccn2)c(F)n1.O=C(O)c1ccccn1.[C-]#[N+]c1c(F)c[c-]c(-c2cc(C)ccn2)c1F.[Ir].[Ir].[Ir].[Ir].[Ir].[Ir]. The van der Waals surface area contributed by atoms with Gasteiger partial charge in [-0.3, -0.25) is 64.0 Å². The first-order valence-electron chi connectivity index (χ1n) is 38.2. The van der Waals surface area contributed by atoms with Gasteiger partial charge in [0.05, 0.1) is 6.57 Å². The summed E-state index contributed by atoms with van der Waals surface area (Å²) in [6.45, 7) is 20.3. The van der Waals surface area contributed by atoms with Crippen molar-refractivity contribution in [1.82, 2.24) is 79.5 Å². The normalized spacial score (nSPS) is 9.64. The van der Waals surface area contributed by atoms with E-state index in [9.17, 15) is 71.9 Å². The number of hydrogen-bond acceptors (Lipinski definition) is 17. The molecule has 0 saturated carbocycles. The fourth-order valence-corrected chi connectivity index (χ4v) is 10.4. The molecule has 138 heavy (non-hydrogen) atoms. The van der Waals surface area contributed by atoms with Crippen LogP contribution in [0.25, 0.3) is 72.4 Å². The Bertz CT molecular complexity index is 6310. The molecule has 0 saturated heterocycles. The van der Waals surface area contributed by atoms with Crippen LogP contribution in [-0.2, 0) is 148 Å². The average Bonchev–Trinajstić information content (AvgIpc) is 0.936. The van der Waals surface area contributed by atoms with Crippen LogP contribution in [0.1, 0.15) is 86.9 Å². The van der Waals surface area contributed by atoms with Crippen molar-refractivity contribution in [3.63, 3.8) is 0 Å². The summed E-state index contributed by atoms with van der Waals surface area (Å²) in [4.78, 5) is 77.5. The number of carbonyl (C=O) groups is 4. The standard InChI is InChI=1S/C13H7F2N2.C13H11F2N2.2C12H8F2N.C11H7F2N2.C10H5F2N2.3C6H8N2O2.C6H5NO2.6Ir/c1-8-5-6-17-11(7-8)9-3-4-10(14)13(16-2)12(9)15;1-16-8-9-4-5-17-13(6-9)11-3-2-10(14)7-12(11)15;2*1-8-4-5-15-12(6-8)10-3-2-9(13)7-11(10)14;1-7-4-5-14-9(6-7)8-2-3-10(12)15-11(8)13;11-9-5-4-7(10(12)14-9)8-3-1-2-6-13-8;3*1-4-3-5(6(9)10)7-8(4)2;8-6(9)5-3-1-2-4-7-5;;;;;;/h4-7H,1H3;2,4-7,16H,8H2,1H3;2*2,4-7H,1H3;3-6H,1H3;1-3,5-6H;3*3H,1-2H3,(H,9,10);1-4H,(H,8,9);;;;;;/q6*-1;;;;;;;;;;. The summed E-state index contributed by atoms with van der Waals surface area (Å²) in [6, 6.07) is 55.7. The van der Waals surface area contributed by atoms with Crippen molar-refractivity contribution in [2.75, 3.05) is 7.05 Å². The molecule has 0 fully saturated rings. The van der Waals surface area contributed by atoms with Crippen LogP contribution in [0.2, 0.25) is 0 Å². The summed E-state index contributed by atoms with van der Waals surface area (Å²) in [5.74, 6) is -13.2. The van der Waals surface area contributed by atoms with Crippen molar-refractivity contribution < 1.29 is 213 Å². The molecular weight excluding hydrogens is 2890 g/mol. The third kappa shape index (κ3) is 39.4. The maximum atomic E-state index is 13.8. The third-order valence-electron chi connectivity index (χ3n) is 17.1. The number of aryl methyl sites for hydroxylation is 10. The Morgan fingerprint density at radius 1 is 0.348 bits per heavy atom. The molecule has 4 aromatic carbocycles. The molecule has 0 amide bonds. The van der Waals surface area contributed by atoms with E-state index in [2.05, 4.69) is 107 Å². The van der Waals surface area contributed by atoms with Crippen molar-refractivity contribution in [1.29, 1.82) is 0 Å². The average molecular weight is 2960 g/mol. The largest absolute Gasteiger partial charge is 0.477 e. The van der Waals surface area contributed by atoms with Gasteiger partial charge in [0.15, 0.2) is 22.8 Å². The number of pyridine rings is 9. The summed E-state index contributed by atoms with van der Waals surface area (Å²) in [5, 5.41) is 47.8. The zero-order valence-corrected chi connectivity index (χ0v) is 87.9. The van der Waals surface area contributed by atoms with Crippen LogP contribution in [0.3, 0.4) is 0 Å². The van der Waals surface area contributed by atoms with E-state index in [-0.39, 0.29) is 177 Å². The van der Waals surface area contributed by atoms with E-state index in [4.69, 9.17) is 27.0 Å². The number of nitrogens with one attached hydrogen (secondary N) is 1. The molecule has 12 heterocycles. The van der Waals surface area contributed by atoms with Crippen molar-refractivity contribution in [2.24, 2.45) is 21.1 Å². The second-order valence-electron chi connectivity index (χ2n) is 27.2. The molecule has 0 aliphatic rings. The van der Waals surface area contributed by atoms with Crippen LogP contribution < -0.4 is 5.32 Å². The van der Waals surface area contributed by atoms with E-state index in [1.165, 1.54) is 56.9 Å². The minimum atomic E-state index is -0.990. The van der Waals surface area contributed by atoms with Gasteiger partial charge in [0.2, 0.25) is 0 Å². The van der Waals surface area contributed by atoms with Crippen LogP contribution in [0.5, 0.6) is 0 Å². The van der Waals surface area contributed by atoms with Gasteiger partial charge < -0.3 is 55.6 Å². The molecule has 0 atom stereocenters. The molecule has 16 rings (SSSR count). The van der Waals surface area contributed by atoms with E-state index in [1.807, 2.05) is 52.9 Å². The van der Waals surface area contributed by atoms with Gasteiger partial charge in [0, 0.05) is 255 Å². The number of carboxylic acid groups (broad SMARTS) is 4. The zero-order chi connectivity index (χ0) is 97.0. The van der Waals surface area contributed by atoms with Gasteiger partial charge in [-0.15, -0.1) is 66.2 Å². The van der Waals surface area contributed by atoms with Gasteiger partial charge >= 0.3 is 23.9 Å². The van der Waals surface area contributed by atoms with Gasteiger partial charge in [-0.25, -0.2) is 41.7 Å². The minimum absolute atomic E-state index is 0. The predicted octanol–water partition coefficient (Wildman–Crippen LogP) is 19.3. The summed E-state index contributed by atoms with van der Waals surface area (Å²) in [6.07, 6.45) is 10.8. The maximum Gasteiger partial charge on any atom is 0.356 e. The Kier molecular flexibility index (Phi) is 54.9. The summed E-state index contributed by atoms with van der Waals surface area (Å²) in [7, 11) is 6.95. The molecule has 732 valence electrons. The predicted molar refractivity (Wildman–Crippen MR) is 460 cm³/mol. The van der Waals surface area contributed by atoms with Gasteiger partial charge in [0.1, 0.15) is 29.5 Å². The number of rotatable bonds is 12. The summed E-state index contributed by atoms with van der Waals surface area (Å²) >= 11 is 0. The third-order valence-corrected chi connectivity index (χ3v) is 17.1. The van der Waals surface area contributed by atoms with Crippen LogP contribution in [-0.4, -0.2) is 126 Å². The molecule has 6 radical (unpaired) electrons. The molecule has 0 aliphatic carbocycles. The van der Waals surface area contributed by atoms with Crippen LogP contribution in [0, 0.1) is 162 Å². The van der Waals surface area contributed by atoms with Crippen molar-refractivity contribution in [3.05, 3.63) is 399 Å². The summed E-state index contributed by atoms with van der Waals surface area (Å²) in [5.41, 5.74) is 10.3. The monoisotopic (exact) mass is 2970 g/mol. The number of benzene rings is 4. The first-order valence-corrected chi connectivity index (χ1v) is 38.2. The van der Waals surface area contributed by atoms with E-state index >= 15 is 0 Å². The van der Waals surface area contributed by atoms with E-state index in [1.54, 1.807) is 139 Å². The number of carboxylic acids is 4. The number of halogens is 12. The van der Waals surface area contributed by atoms with Gasteiger partial charge in [-0.2, -0.15) is 15.3 Å². The molecule has 0 unspecified atom stereocenters. The van der Waals surface area contributed by atoms with Crippen molar-refractivity contribution >= 4 is 29.6 Å². The quantitative estimate of drug-likeness (QED) is 0.0431. The maximum absolute atomic E-state index is 13.8. The second-order valence-corrected chi connectivity index (χ2v) is 27.2. The van der Waals surface area contributed by atoms with Gasteiger partial charge in [-0.1, -0.05) is 129 Å². The Labute approximate surface area is 864 Å². The van der Waals surface area contributed by atoms with Crippen molar-refractivity contribution in [3.8, 4) is 67.5 Å². The van der Waals surface area contributed by atoms with Gasteiger partial charge in [-0.05, 0) is 162 Å². The number of aromatic carboxylic acids is 4. The van der Waals surface area contributed by atoms with Crippen LogP contribution >= 0.6 is 0 Å². The first kappa shape index (κ1) is 123. The number of aromatic nitrogens is 15. The topological polar surface area (TPSA) is 335 Å². The molecule has 25 nitrogen and oxygen atoms in total. The van der Waals surface area contributed by atoms with Crippen LogP contribution in [0.4, 0.5) is 58.4 Å². The summed E-state index contributed by atoms with van der Waals surface area (Å²) < 4.78 is 161. The second kappa shape index (κ2) is 61.5. The van der Waals surface area contributed by atoms with E-state index in [0.717, 1.165) is 99.5 Å². The molecule has 0 aliphatic heterocycles. The van der Waals surface area contributed by atoms with Crippen LogP contribution in [0.15, 0.2) is 213 Å². The number of hydrogen-bond donors (Lipinski definition) is 5. The Morgan fingerprint density at radius 3 is 0.928 bits per heavy atom. The molecule has 12 aromatic heterocycles. The Balaban J connectivity index is 0.000000768. The smallest absolute Gasteiger partial charge is 0.356 e. The molecule has 0 spiro atoms. The Morgan fingerprint density at radius 2 is 0.652 bits per heavy atom. The zero-order valence-electron chi connectivity index (χ0n) is 73.5. The van der Waals surface area contributed by atoms with E-state index in [0.29, 0.717) is 40.7 Å². The molecule has 5 N–H and O–H groups in total. The minimum Gasteiger partial charge on any atom is -0.477 e. The fourth-order valence-electron chi connectivity index (χ4n) is 10.4. The molecular formula is C95H75F12Ir6N17O8-6. The Hall–Kier alpha value is -12.8. The van der Waals surface area contributed by atoms with E-state index < -0.39 is 99.9 Å². The molecule has 0 bridgehead atoms. The first-order chi connectivity index (χ1) is 62.7. The molecule has 43 heteroatoms. The number of nitrogens with zero attached hydrogens (tertiary/aromatic N) is 16. The van der Waals surface area contributed by atoms with Crippen molar-refractivity contribution in [2.45, 2.75) is 55.0 Å². The fraction of sp³-hybridized carbons (Fsp3) is 0.126. The molecule has 16 aromatic rings.